The molecule has 18 heavy (non-hydrogen) atoms. The Labute approximate surface area is 108 Å². The molecule has 1 aromatic rings. The fourth-order valence-corrected chi connectivity index (χ4v) is 1.66. The molecule has 0 spiro atoms. The summed E-state index contributed by atoms with van der Waals surface area (Å²) in [6, 6.07) is 0. The molecular weight excluding hydrogens is 230 g/mol. The van der Waals surface area contributed by atoms with Crippen molar-refractivity contribution in [2.24, 2.45) is 0 Å². The van der Waals surface area contributed by atoms with Crippen LogP contribution in [0.2, 0.25) is 0 Å². The predicted molar refractivity (Wildman–Crippen MR) is 68.9 cm³/mol. The van der Waals surface area contributed by atoms with E-state index < -0.39 is 0 Å². The first-order valence-electron chi connectivity index (χ1n) is 6.84. The summed E-state index contributed by atoms with van der Waals surface area (Å²) in [6.07, 6.45) is 7.10. The minimum atomic E-state index is 0.0581. The number of carbonyl (C=O) groups is 1. The van der Waals surface area contributed by atoms with Crippen molar-refractivity contribution >= 4 is 5.91 Å². The summed E-state index contributed by atoms with van der Waals surface area (Å²) in [5.74, 6) is 1.22. The first-order chi connectivity index (χ1) is 8.76. The fourth-order valence-electron chi connectivity index (χ4n) is 1.66. The van der Waals surface area contributed by atoms with Gasteiger partial charge in [0.2, 0.25) is 11.8 Å². The largest absolute Gasteiger partial charge is 0.347 e. The molecule has 0 aliphatic heterocycles. The van der Waals surface area contributed by atoms with Crippen LogP contribution in [0.1, 0.15) is 64.1 Å². The van der Waals surface area contributed by atoms with Crippen molar-refractivity contribution in [3.8, 4) is 0 Å². The molecule has 0 saturated heterocycles. The van der Waals surface area contributed by atoms with Crippen molar-refractivity contribution in [1.29, 1.82) is 0 Å². The zero-order valence-corrected chi connectivity index (χ0v) is 11.4. The van der Waals surface area contributed by atoms with E-state index in [4.69, 9.17) is 4.52 Å². The number of nitrogens with zero attached hydrogens (tertiary/aromatic N) is 2. The van der Waals surface area contributed by atoms with E-state index in [0.717, 1.165) is 19.3 Å². The van der Waals surface area contributed by atoms with Gasteiger partial charge in [0.15, 0.2) is 5.82 Å². The molecule has 0 unspecified atom stereocenters. The summed E-state index contributed by atoms with van der Waals surface area (Å²) in [5.41, 5.74) is 0. The molecule has 0 fully saturated rings. The number of unbranched alkanes of at least 4 members (excludes halogenated alkanes) is 4. The van der Waals surface area contributed by atoms with E-state index in [-0.39, 0.29) is 5.91 Å². The third-order valence-corrected chi connectivity index (χ3v) is 2.77. The molecular formula is C13H23N3O2. The third-order valence-electron chi connectivity index (χ3n) is 2.77. The Bertz CT molecular complexity index is 350. The quantitative estimate of drug-likeness (QED) is 0.687. The van der Waals surface area contributed by atoms with E-state index in [0.29, 0.717) is 24.7 Å². The molecule has 102 valence electrons. The Balaban J connectivity index is 2.09. The number of nitrogens with one attached hydrogen (secondary N) is 1. The minimum absolute atomic E-state index is 0.0581. The van der Waals surface area contributed by atoms with Gasteiger partial charge in [-0.1, -0.05) is 44.7 Å². The summed E-state index contributed by atoms with van der Waals surface area (Å²) < 4.78 is 4.99. The second-order valence-corrected chi connectivity index (χ2v) is 4.40. The second kappa shape index (κ2) is 8.66. The number of hydrogen-bond donors (Lipinski definition) is 1. The third kappa shape index (κ3) is 5.80. The van der Waals surface area contributed by atoms with E-state index >= 15 is 0 Å². The van der Waals surface area contributed by atoms with Crippen LogP contribution in [0, 0.1) is 0 Å². The summed E-state index contributed by atoms with van der Waals surface area (Å²) in [4.78, 5) is 15.7. The molecule has 5 heteroatoms. The molecule has 1 amide bonds. The van der Waals surface area contributed by atoms with E-state index in [1.165, 1.54) is 19.3 Å². The number of aryl methyl sites for hydroxylation is 1. The molecule has 0 radical (unpaired) electrons. The molecule has 0 bridgehead atoms. The Hall–Kier alpha value is -1.39. The zero-order chi connectivity index (χ0) is 13.2. The zero-order valence-electron chi connectivity index (χ0n) is 11.4. The van der Waals surface area contributed by atoms with E-state index in [1.54, 1.807) is 0 Å². The van der Waals surface area contributed by atoms with Crippen LogP contribution in [0.15, 0.2) is 4.52 Å². The van der Waals surface area contributed by atoms with E-state index in [2.05, 4.69) is 22.4 Å². The highest BCUT2D eigenvalue weighted by Crippen LogP contribution is 2.05. The van der Waals surface area contributed by atoms with Crippen LogP contribution in [-0.4, -0.2) is 16.0 Å². The maximum absolute atomic E-state index is 11.5. The van der Waals surface area contributed by atoms with Gasteiger partial charge in [-0.2, -0.15) is 4.98 Å². The molecule has 1 aromatic heterocycles. The SMILES string of the molecule is CCCCCCCC(=O)NCc1nc(CC)no1. The monoisotopic (exact) mass is 253 g/mol. The fraction of sp³-hybridized carbons (Fsp3) is 0.769. The van der Waals surface area contributed by atoms with Crippen molar-refractivity contribution in [2.45, 2.75) is 65.3 Å². The Morgan fingerprint density at radius 1 is 1.22 bits per heavy atom. The Morgan fingerprint density at radius 3 is 2.67 bits per heavy atom. The number of rotatable bonds is 9. The van der Waals surface area contributed by atoms with Gasteiger partial charge in [-0.25, -0.2) is 0 Å². The van der Waals surface area contributed by atoms with Crippen LogP contribution in [0.3, 0.4) is 0 Å². The first kappa shape index (κ1) is 14.7. The summed E-state index contributed by atoms with van der Waals surface area (Å²) >= 11 is 0. The Kier molecular flexibility index (Phi) is 7.06. The lowest BCUT2D eigenvalue weighted by atomic mass is 10.1. The van der Waals surface area contributed by atoms with Gasteiger partial charge in [-0.05, 0) is 6.42 Å². The van der Waals surface area contributed by atoms with Gasteiger partial charge >= 0.3 is 0 Å². The summed E-state index contributed by atoms with van der Waals surface area (Å²) in [5, 5.41) is 6.56. The molecule has 1 rings (SSSR count). The van der Waals surface area contributed by atoms with Gasteiger partial charge in [0.05, 0.1) is 6.54 Å². The van der Waals surface area contributed by atoms with Crippen LogP contribution in [0.4, 0.5) is 0 Å². The van der Waals surface area contributed by atoms with Gasteiger partial charge in [0.25, 0.3) is 0 Å². The average Bonchev–Trinajstić information content (AvgIpc) is 2.84. The highest BCUT2D eigenvalue weighted by Gasteiger charge is 2.06. The van der Waals surface area contributed by atoms with Crippen LogP contribution < -0.4 is 5.32 Å². The molecule has 0 saturated carbocycles. The van der Waals surface area contributed by atoms with E-state index in [9.17, 15) is 4.79 Å². The van der Waals surface area contributed by atoms with Crippen LogP contribution in [0.5, 0.6) is 0 Å². The molecule has 1 N–H and O–H groups in total. The topological polar surface area (TPSA) is 68.0 Å². The average molecular weight is 253 g/mol. The normalized spacial score (nSPS) is 10.6. The summed E-state index contributed by atoms with van der Waals surface area (Å²) in [7, 11) is 0. The first-order valence-corrected chi connectivity index (χ1v) is 6.84. The predicted octanol–water partition coefficient (Wildman–Crippen LogP) is 2.61. The second-order valence-electron chi connectivity index (χ2n) is 4.40. The number of carbonyl (C=O) groups excluding carboxylic acids is 1. The molecule has 0 aromatic carbocycles. The highest BCUT2D eigenvalue weighted by molar-refractivity contribution is 5.75. The lowest BCUT2D eigenvalue weighted by Crippen LogP contribution is -2.22. The van der Waals surface area contributed by atoms with Crippen LogP contribution in [-0.2, 0) is 17.8 Å². The van der Waals surface area contributed by atoms with Crippen molar-refractivity contribution in [2.75, 3.05) is 0 Å². The number of hydrogen-bond acceptors (Lipinski definition) is 4. The van der Waals surface area contributed by atoms with Gasteiger partial charge < -0.3 is 9.84 Å². The molecule has 0 atom stereocenters. The Morgan fingerprint density at radius 2 is 2.00 bits per heavy atom. The van der Waals surface area contributed by atoms with Crippen LogP contribution in [0.25, 0.3) is 0 Å². The van der Waals surface area contributed by atoms with Crippen molar-refractivity contribution in [1.82, 2.24) is 15.5 Å². The van der Waals surface area contributed by atoms with Gasteiger partial charge in [0.1, 0.15) is 0 Å². The van der Waals surface area contributed by atoms with Crippen molar-refractivity contribution in [3.05, 3.63) is 11.7 Å². The molecule has 5 nitrogen and oxygen atoms in total. The van der Waals surface area contributed by atoms with Crippen LogP contribution >= 0.6 is 0 Å². The van der Waals surface area contributed by atoms with E-state index in [1.807, 2.05) is 6.92 Å². The summed E-state index contributed by atoms with van der Waals surface area (Å²) in [6.45, 7) is 4.48. The van der Waals surface area contributed by atoms with Gasteiger partial charge in [-0.15, -0.1) is 0 Å². The maximum atomic E-state index is 11.5. The van der Waals surface area contributed by atoms with Crippen molar-refractivity contribution < 1.29 is 9.32 Å². The minimum Gasteiger partial charge on any atom is -0.347 e. The van der Waals surface area contributed by atoms with Crippen molar-refractivity contribution in [3.63, 3.8) is 0 Å². The lowest BCUT2D eigenvalue weighted by molar-refractivity contribution is -0.121. The molecule has 1 heterocycles. The maximum Gasteiger partial charge on any atom is 0.246 e. The van der Waals surface area contributed by atoms with Gasteiger partial charge in [-0.3, -0.25) is 4.79 Å². The van der Waals surface area contributed by atoms with Gasteiger partial charge in [0, 0.05) is 12.8 Å². The molecule has 0 aliphatic carbocycles. The number of amides is 1. The number of aromatic nitrogens is 2. The standard InChI is InChI=1S/C13H23N3O2/c1-3-5-6-7-8-9-12(17)14-10-13-15-11(4-2)16-18-13/h3-10H2,1-2H3,(H,14,17). The lowest BCUT2D eigenvalue weighted by Gasteiger charge is -2.02. The smallest absolute Gasteiger partial charge is 0.246 e. The highest BCUT2D eigenvalue weighted by atomic mass is 16.5. The molecule has 0 aliphatic rings.